The molecule has 2 aromatic carbocycles. The van der Waals surface area contributed by atoms with E-state index in [1.54, 1.807) is 7.11 Å². The van der Waals surface area contributed by atoms with Gasteiger partial charge >= 0.3 is 0 Å². The quantitative estimate of drug-likeness (QED) is 0.782. The first-order chi connectivity index (χ1) is 11.2. The average Bonchev–Trinajstić information content (AvgIpc) is 2.61. The fourth-order valence-corrected chi connectivity index (χ4v) is 2.55. The van der Waals surface area contributed by atoms with Crippen LogP contribution in [0.2, 0.25) is 0 Å². The summed E-state index contributed by atoms with van der Waals surface area (Å²) in [6.45, 7) is 2.26. The van der Waals surface area contributed by atoms with Gasteiger partial charge in [-0.2, -0.15) is 0 Å². The van der Waals surface area contributed by atoms with Crippen molar-refractivity contribution >= 4 is 10.9 Å². The first kappa shape index (κ1) is 15.3. The number of methoxy groups -OCH3 is 1. The van der Waals surface area contributed by atoms with Crippen molar-refractivity contribution in [2.45, 2.75) is 20.1 Å². The van der Waals surface area contributed by atoms with Crippen molar-refractivity contribution in [1.82, 2.24) is 4.98 Å². The molecule has 3 rings (SSSR count). The lowest BCUT2D eigenvalue weighted by Gasteiger charge is -2.15. The lowest BCUT2D eigenvalue weighted by atomic mass is 10.1. The Morgan fingerprint density at radius 2 is 1.87 bits per heavy atom. The third-order valence-corrected chi connectivity index (χ3v) is 3.85. The Bertz CT molecular complexity index is 816. The van der Waals surface area contributed by atoms with Crippen LogP contribution in [0.15, 0.2) is 48.5 Å². The maximum absolute atomic E-state index is 9.55. The molecule has 0 bridgehead atoms. The molecule has 1 N–H and O–H groups in total. The Morgan fingerprint density at radius 3 is 2.57 bits per heavy atom. The fraction of sp³-hybridized carbons (Fsp3) is 0.211. The first-order valence-electron chi connectivity index (χ1n) is 7.47. The van der Waals surface area contributed by atoms with Crippen LogP contribution in [0, 0.1) is 6.92 Å². The van der Waals surface area contributed by atoms with Crippen molar-refractivity contribution in [1.29, 1.82) is 0 Å². The molecule has 23 heavy (non-hydrogen) atoms. The summed E-state index contributed by atoms with van der Waals surface area (Å²) in [7, 11) is 1.63. The molecule has 1 heterocycles. The number of aromatic nitrogens is 1. The van der Waals surface area contributed by atoms with Crippen molar-refractivity contribution in [3.8, 4) is 11.5 Å². The van der Waals surface area contributed by atoms with Crippen LogP contribution < -0.4 is 9.47 Å². The molecule has 118 valence electrons. The maximum Gasteiger partial charge on any atom is 0.134 e. The third-order valence-electron chi connectivity index (χ3n) is 3.85. The van der Waals surface area contributed by atoms with Crippen molar-refractivity contribution < 1.29 is 14.6 Å². The number of rotatable bonds is 5. The van der Waals surface area contributed by atoms with E-state index in [1.807, 2.05) is 55.5 Å². The van der Waals surface area contributed by atoms with E-state index < -0.39 is 0 Å². The number of pyridine rings is 1. The van der Waals surface area contributed by atoms with E-state index in [4.69, 9.17) is 9.47 Å². The van der Waals surface area contributed by atoms with Crippen LogP contribution in [0.3, 0.4) is 0 Å². The summed E-state index contributed by atoms with van der Waals surface area (Å²) >= 11 is 0. The first-order valence-corrected chi connectivity index (χ1v) is 7.47. The van der Waals surface area contributed by atoms with Crippen LogP contribution in [0.5, 0.6) is 11.5 Å². The van der Waals surface area contributed by atoms with Gasteiger partial charge in [-0.15, -0.1) is 0 Å². The number of benzene rings is 2. The lowest BCUT2D eigenvalue weighted by Crippen LogP contribution is -2.03. The fourth-order valence-electron chi connectivity index (χ4n) is 2.55. The predicted molar refractivity (Wildman–Crippen MR) is 89.7 cm³/mol. The van der Waals surface area contributed by atoms with E-state index in [1.165, 1.54) is 0 Å². The Balaban J connectivity index is 2.06. The summed E-state index contributed by atoms with van der Waals surface area (Å²) < 4.78 is 11.4. The second-order valence-corrected chi connectivity index (χ2v) is 5.33. The highest BCUT2D eigenvalue weighted by atomic mass is 16.5. The minimum absolute atomic E-state index is 0.116. The number of ether oxygens (including phenoxy) is 2. The number of hydrogen-bond donors (Lipinski definition) is 1. The van der Waals surface area contributed by atoms with Gasteiger partial charge in [0.2, 0.25) is 0 Å². The van der Waals surface area contributed by atoms with E-state index in [9.17, 15) is 5.11 Å². The van der Waals surface area contributed by atoms with Gasteiger partial charge in [0, 0.05) is 10.9 Å². The van der Waals surface area contributed by atoms with Crippen LogP contribution >= 0.6 is 0 Å². The zero-order valence-corrected chi connectivity index (χ0v) is 13.2. The Labute approximate surface area is 135 Å². The molecule has 1 aromatic heterocycles. The molecule has 4 nitrogen and oxygen atoms in total. The second-order valence-electron chi connectivity index (χ2n) is 5.33. The number of fused-ring (bicyclic) bond motifs is 1. The molecule has 0 saturated heterocycles. The van der Waals surface area contributed by atoms with Crippen LogP contribution in [-0.2, 0) is 13.2 Å². The maximum atomic E-state index is 9.55. The third kappa shape index (κ3) is 3.12. The zero-order chi connectivity index (χ0) is 16.2. The molecule has 3 aromatic rings. The van der Waals surface area contributed by atoms with Gasteiger partial charge in [-0.25, -0.2) is 4.98 Å². The highest BCUT2D eigenvalue weighted by molar-refractivity contribution is 5.88. The topological polar surface area (TPSA) is 51.6 Å². The summed E-state index contributed by atoms with van der Waals surface area (Å²) in [5, 5.41) is 10.4. The van der Waals surface area contributed by atoms with E-state index in [0.717, 1.165) is 33.5 Å². The zero-order valence-electron chi connectivity index (χ0n) is 13.2. The van der Waals surface area contributed by atoms with Gasteiger partial charge in [-0.3, -0.25) is 0 Å². The minimum atomic E-state index is -0.116. The Morgan fingerprint density at radius 1 is 1.09 bits per heavy atom. The van der Waals surface area contributed by atoms with Gasteiger partial charge in [0.05, 0.1) is 24.9 Å². The highest BCUT2D eigenvalue weighted by Gasteiger charge is 2.13. The van der Waals surface area contributed by atoms with Crippen LogP contribution in [0.1, 0.15) is 16.8 Å². The highest BCUT2D eigenvalue weighted by Crippen LogP contribution is 2.33. The molecule has 0 aliphatic carbocycles. The van der Waals surface area contributed by atoms with Crippen LogP contribution in [-0.4, -0.2) is 17.2 Å². The Hall–Kier alpha value is -2.59. The smallest absolute Gasteiger partial charge is 0.134 e. The van der Waals surface area contributed by atoms with Crippen molar-refractivity contribution in [3.63, 3.8) is 0 Å². The second kappa shape index (κ2) is 6.67. The van der Waals surface area contributed by atoms with Crippen molar-refractivity contribution in [2.24, 2.45) is 0 Å². The number of aliphatic hydroxyl groups excluding tert-OH is 1. The molecule has 0 spiro atoms. The molecule has 0 amide bonds. The summed E-state index contributed by atoms with van der Waals surface area (Å²) in [5.41, 5.74) is 3.35. The monoisotopic (exact) mass is 309 g/mol. The van der Waals surface area contributed by atoms with E-state index >= 15 is 0 Å². The van der Waals surface area contributed by atoms with Crippen LogP contribution in [0.25, 0.3) is 10.9 Å². The number of aliphatic hydroxyl groups is 1. The molecule has 0 aliphatic rings. The van der Waals surface area contributed by atoms with E-state index in [0.29, 0.717) is 12.3 Å². The van der Waals surface area contributed by atoms with Gasteiger partial charge in [0.25, 0.3) is 0 Å². The molecule has 4 heteroatoms. The van der Waals surface area contributed by atoms with Gasteiger partial charge in [0.15, 0.2) is 0 Å². The lowest BCUT2D eigenvalue weighted by molar-refractivity contribution is 0.272. The van der Waals surface area contributed by atoms with Gasteiger partial charge in [-0.1, -0.05) is 30.3 Å². The molecule has 0 atom stereocenters. The molecule has 0 unspecified atom stereocenters. The van der Waals surface area contributed by atoms with Crippen molar-refractivity contribution in [3.05, 3.63) is 65.4 Å². The largest absolute Gasteiger partial charge is 0.497 e. The van der Waals surface area contributed by atoms with Gasteiger partial charge in [-0.05, 0) is 30.7 Å². The minimum Gasteiger partial charge on any atom is -0.497 e. The molecular formula is C19H19NO3. The summed E-state index contributed by atoms with van der Waals surface area (Å²) in [6.07, 6.45) is 0. The summed E-state index contributed by atoms with van der Waals surface area (Å²) in [4.78, 5) is 4.50. The average molecular weight is 309 g/mol. The van der Waals surface area contributed by atoms with Gasteiger partial charge < -0.3 is 14.6 Å². The number of nitrogens with zero attached hydrogens (tertiary/aromatic N) is 1. The van der Waals surface area contributed by atoms with E-state index in [-0.39, 0.29) is 6.61 Å². The number of hydrogen-bond acceptors (Lipinski definition) is 4. The summed E-state index contributed by atoms with van der Waals surface area (Å²) in [6, 6.07) is 15.6. The normalized spacial score (nSPS) is 10.7. The molecule has 0 radical (unpaired) electrons. The Kier molecular flexibility index (Phi) is 4.44. The predicted octanol–water partition coefficient (Wildman–Crippen LogP) is 3.62. The molecular weight excluding hydrogens is 290 g/mol. The molecule has 0 fully saturated rings. The van der Waals surface area contributed by atoms with Crippen molar-refractivity contribution in [2.75, 3.05) is 7.11 Å². The molecule has 0 aliphatic heterocycles. The van der Waals surface area contributed by atoms with Gasteiger partial charge in [0.1, 0.15) is 18.1 Å². The van der Waals surface area contributed by atoms with Crippen LogP contribution in [0.4, 0.5) is 0 Å². The van der Waals surface area contributed by atoms with E-state index in [2.05, 4.69) is 4.98 Å². The molecule has 0 saturated carbocycles. The summed E-state index contributed by atoms with van der Waals surface area (Å²) in [5.74, 6) is 1.49. The standard InChI is InChI=1S/C19H19NO3/c1-13-18(11-21)20-17-9-8-15(22-2)10-16(17)19(13)23-12-14-6-4-3-5-7-14/h3-10,21H,11-12H2,1-2H3. The SMILES string of the molecule is COc1ccc2nc(CO)c(C)c(OCc3ccccc3)c2c1.